The van der Waals surface area contributed by atoms with Crippen molar-refractivity contribution in [2.75, 3.05) is 38.7 Å². The van der Waals surface area contributed by atoms with Gasteiger partial charge in [0.15, 0.2) is 5.78 Å². The second-order valence-corrected chi connectivity index (χ2v) is 8.65. The zero-order chi connectivity index (χ0) is 21.6. The Hall–Kier alpha value is -2.75. The molecule has 3 rings (SSSR count). The highest BCUT2D eigenvalue weighted by molar-refractivity contribution is 7.89. The fraction of sp³-hybridized carbons (Fsp3) is 0.333. The Labute approximate surface area is 175 Å². The minimum Gasteiger partial charge on any atom is -0.495 e. The highest BCUT2D eigenvalue weighted by atomic mass is 32.2. The Morgan fingerprint density at radius 1 is 1.07 bits per heavy atom. The van der Waals surface area contributed by atoms with Crippen molar-refractivity contribution in [3.05, 3.63) is 54.1 Å². The Morgan fingerprint density at radius 3 is 2.43 bits per heavy atom. The van der Waals surface area contributed by atoms with Crippen molar-refractivity contribution in [2.45, 2.75) is 17.7 Å². The molecular formula is C21H24N2O6S. The summed E-state index contributed by atoms with van der Waals surface area (Å²) in [6.45, 7) is 1.23. The fourth-order valence-electron chi connectivity index (χ4n) is 3.09. The number of anilines is 1. The van der Waals surface area contributed by atoms with Crippen LogP contribution < -0.4 is 10.1 Å². The molecule has 0 atom stereocenters. The molecule has 0 spiro atoms. The highest BCUT2D eigenvalue weighted by Gasteiger charge is 2.27. The van der Waals surface area contributed by atoms with Crippen LogP contribution in [0.4, 0.5) is 5.69 Å². The van der Waals surface area contributed by atoms with E-state index in [-0.39, 0.29) is 42.3 Å². The minimum atomic E-state index is -3.71. The van der Waals surface area contributed by atoms with Crippen LogP contribution in [0.25, 0.3) is 0 Å². The standard InChI is InChI=1S/C21H24N2O6S/c1-28-20-9-7-17(30(26,27)23-11-13-29-14-12-23)15-18(20)22-21(25)10-8-19(24)16-5-3-2-4-6-16/h2-7,9,15H,8,10-14H2,1H3,(H,22,25). The zero-order valence-electron chi connectivity index (χ0n) is 16.7. The normalized spacial score (nSPS) is 14.8. The van der Waals surface area contributed by atoms with Gasteiger partial charge in [-0.15, -0.1) is 0 Å². The third-order valence-corrected chi connectivity index (χ3v) is 6.62. The van der Waals surface area contributed by atoms with Gasteiger partial charge < -0.3 is 14.8 Å². The number of amides is 1. The minimum absolute atomic E-state index is 0.0304. The molecule has 1 aliphatic heterocycles. The number of hydrogen-bond donors (Lipinski definition) is 1. The first kappa shape index (κ1) is 21.9. The predicted octanol–water partition coefficient (Wildman–Crippen LogP) is 2.32. The van der Waals surface area contributed by atoms with E-state index in [0.29, 0.717) is 24.5 Å². The lowest BCUT2D eigenvalue weighted by Gasteiger charge is -2.26. The average molecular weight is 432 g/mol. The van der Waals surface area contributed by atoms with Gasteiger partial charge in [-0.25, -0.2) is 8.42 Å². The molecule has 9 heteroatoms. The van der Waals surface area contributed by atoms with Crippen LogP contribution in [0.2, 0.25) is 0 Å². The monoisotopic (exact) mass is 432 g/mol. The first-order chi connectivity index (χ1) is 14.4. The van der Waals surface area contributed by atoms with E-state index in [1.165, 1.54) is 29.6 Å². The Kier molecular flexibility index (Phi) is 7.20. The van der Waals surface area contributed by atoms with Crippen LogP contribution in [0.1, 0.15) is 23.2 Å². The maximum Gasteiger partial charge on any atom is 0.243 e. The number of hydrogen-bond acceptors (Lipinski definition) is 6. The molecule has 0 saturated carbocycles. The van der Waals surface area contributed by atoms with Crippen molar-refractivity contribution in [3.63, 3.8) is 0 Å². The number of morpholine rings is 1. The summed E-state index contributed by atoms with van der Waals surface area (Å²) in [4.78, 5) is 24.6. The number of sulfonamides is 1. The van der Waals surface area contributed by atoms with Crippen LogP contribution in [0, 0.1) is 0 Å². The highest BCUT2D eigenvalue weighted by Crippen LogP contribution is 2.29. The second kappa shape index (κ2) is 9.84. The first-order valence-electron chi connectivity index (χ1n) is 9.56. The molecular weight excluding hydrogens is 408 g/mol. The topological polar surface area (TPSA) is 102 Å². The Bertz CT molecular complexity index is 1000. The van der Waals surface area contributed by atoms with Gasteiger partial charge in [0.05, 0.1) is 30.9 Å². The molecule has 2 aromatic rings. The number of carbonyl (C=O) groups excluding carboxylic acids is 2. The first-order valence-corrected chi connectivity index (χ1v) is 11.0. The molecule has 0 aliphatic carbocycles. The summed E-state index contributed by atoms with van der Waals surface area (Å²) in [5.74, 6) is -0.210. The number of ketones is 1. The molecule has 1 saturated heterocycles. The van der Waals surface area contributed by atoms with Crippen LogP contribution in [0.15, 0.2) is 53.4 Å². The van der Waals surface area contributed by atoms with Gasteiger partial charge in [-0.3, -0.25) is 9.59 Å². The lowest BCUT2D eigenvalue weighted by molar-refractivity contribution is -0.116. The number of rotatable bonds is 8. The van der Waals surface area contributed by atoms with Crippen LogP contribution in [0.5, 0.6) is 5.75 Å². The van der Waals surface area contributed by atoms with E-state index in [9.17, 15) is 18.0 Å². The third kappa shape index (κ3) is 5.24. The number of nitrogens with one attached hydrogen (secondary N) is 1. The van der Waals surface area contributed by atoms with Crippen LogP contribution in [-0.4, -0.2) is 57.8 Å². The van der Waals surface area contributed by atoms with Gasteiger partial charge >= 0.3 is 0 Å². The van der Waals surface area contributed by atoms with E-state index in [1.807, 2.05) is 6.07 Å². The smallest absolute Gasteiger partial charge is 0.243 e. The van der Waals surface area contributed by atoms with Crippen molar-refractivity contribution < 1.29 is 27.5 Å². The van der Waals surface area contributed by atoms with Gasteiger partial charge in [-0.2, -0.15) is 4.31 Å². The van der Waals surface area contributed by atoms with E-state index < -0.39 is 15.9 Å². The van der Waals surface area contributed by atoms with E-state index in [1.54, 1.807) is 24.3 Å². The summed E-state index contributed by atoms with van der Waals surface area (Å²) >= 11 is 0. The quantitative estimate of drug-likeness (QED) is 0.643. The lowest BCUT2D eigenvalue weighted by Crippen LogP contribution is -2.40. The number of Topliss-reactive ketones (excluding diaryl/α,β-unsaturated/α-hetero) is 1. The van der Waals surface area contributed by atoms with E-state index in [2.05, 4.69) is 5.32 Å². The third-order valence-electron chi connectivity index (χ3n) is 4.73. The molecule has 1 fully saturated rings. The summed E-state index contributed by atoms with van der Waals surface area (Å²) < 4.78 is 37.5. The van der Waals surface area contributed by atoms with E-state index >= 15 is 0 Å². The molecule has 1 heterocycles. The lowest BCUT2D eigenvalue weighted by atomic mass is 10.1. The summed E-state index contributed by atoms with van der Waals surface area (Å²) in [7, 11) is -2.28. The van der Waals surface area contributed by atoms with Crippen LogP contribution >= 0.6 is 0 Å². The molecule has 0 unspecified atom stereocenters. The van der Waals surface area contributed by atoms with E-state index in [0.717, 1.165) is 0 Å². The summed E-state index contributed by atoms with van der Waals surface area (Å²) in [5.41, 5.74) is 0.783. The second-order valence-electron chi connectivity index (χ2n) is 6.72. The summed E-state index contributed by atoms with van der Waals surface area (Å²) in [5, 5.41) is 2.66. The number of benzene rings is 2. The predicted molar refractivity (Wildman–Crippen MR) is 111 cm³/mol. The van der Waals surface area contributed by atoms with Gasteiger partial charge in [0, 0.05) is 31.5 Å². The molecule has 0 aromatic heterocycles. The largest absolute Gasteiger partial charge is 0.495 e. The Balaban J connectivity index is 1.70. The van der Waals surface area contributed by atoms with Crippen LogP contribution in [0.3, 0.4) is 0 Å². The summed E-state index contributed by atoms with van der Waals surface area (Å²) in [6, 6.07) is 13.0. The van der Waals surface area contributed by atoms with Crippen molar-refractivity contribution in [3.8, 4) is 5.75 Å². The van der Waals surface area contributed by atoms with Gasteiger partial charge in [0.25, 0.3) is 0 Å². The van der Waals surface area contributed by atoms with Crippen molar-refractivity contribution in [2.24, 2.45) is 0 Å². The van der Waals surface area contributed by atoms with Gasteiger partial charge in [0.2, 0.25) is 15.9 Å². The zero-order valence-corrected chi connectivity index (χ0v) is 17.5. The average Bonchev–Trinajstić information content (AvgIpc) is 2.78. The molecule has 1 aliphatic rings. The molecule has 2 aromatic carbocycles. The van der Waals surface area contributed by atoms with Crippen molar-refractivity contribution in [1.82, 2.24) is 4.31 Å². The maximum absolute atomic E-state index is 12.9. The summed E-state index contributed by atoms with van der Waals surface area (Å²) in [6.07, 6.45) is 0.0151. The van der Waals surface area contributed by atoms with Gasteiger partial charge in [-0.05, 0) is 18.2 Å². The van der Waals surface area contributed by atoms with Crippen molar-refractivity contribution >= 4 is 27.4 Å². The van der Waals surface area contributed by atoms with Crippen molar-refractivity contribution in [1.29, 1.82) is 0 Å². The SMILES string of the molecule is COc1ccc(S(=O)(=O)N2CCOCC2)cc1NC(=O)CCC(=O)c1ccccc1. The van der Waals surface area contributed by atoms with Crippen LogP contribution in [-0.2, 0) is 19.6 Å². The maximum atomic E-state index is 12.9. The molecule has 0 bridgehead atoms. The number of nitrogens with zero attached hydrogens (tertiary/aromatic N) is 1. The number of methoxy groups -OCH3 is 1. The number of carbonyl (C=O) groups is 2. The molecule has 0 radical (unpaired) electrons. The Morgan fingerprint density at radius 2 is 1.77 bits per heavy atom. The van der Waals surface area contributed by atoms with Gasteiger partial charge in [0.1, 0.15) is 5.75 Å². The molecule has 160 valence electrons. The molecule has 30 heavy (non-hydrogen) atoms. The van der Waals surface area contributed by atoms with Gasteiger partial charge in [-0.1, -0.05) is 30.3 Å². The molecule has 1 amide bonds. The number of ether oxygens (including phenoxy) is 2. The van der Waals surface area contributed by atoms with E-state index in [4.69, 9.17) is 9.47 Å². The molecule has 8 nitrogen and oxygen atoms in total. The fourth-order valence-corrected chi connectivity index (χ4v) is 4.52. The molecule has 1 N–H and O–H groups in total.